The molecule has 0 saturated carbocycles. The average molecular weight is 398 g/mol. The predicted octanol–water partition coefficient (Wildman–Crippen LogP) is 0.490. The number of nitrogens with zero attached hydrogens (tertiary/aromatic N) is 1. The van der Waals surface area contributed by atoms with Crippen LogP contribution in [-0.4, -0.2) is 60.6 Å². The quantitative estimate of drug-likeness (QED) is 0.605. The second-order valence-electron chi connectivity index (χ2n) is 8.01. The normalized spacial score (nSPS) is 29.8. The maximum absolute atomic E-state index is 12.4. The summed E-state index contributed by atoms with van der Waals surface area (Å²) in [5, 5.41) is 5.34. The average Bonchev–Trinajstić information content (AvgIpc) is 3.38. The largest absolute Gasteiger partial charge is 0.369 e. The van der Waals surface area contributed by atoms with E-state index in [0.29, 0.717) is 19.6 Å². The van der Waals surface area contributed by atoms with Crippen LogP contribution in [0.25, 0.3) is 6.08 Å². The Hall–Kier alpha value is -2.87. The number of fused-ring (bicyclic) bond motifs is 1. The molecule has 154 valence electrons. The van der Waals surface area contributed by atoms with Crippen molar-refractivity contribution in [2.24, 2.45) is 17.6 Å². The van der Waals surface area contributed by atoms with E-state index in [-0.39, 0.29) is 41.9 Å². The number of carbonyl (C=O) groups is 3. The van der Waals surface area contributed by atoms with Gasteiger partial charge in [-0.1, -0.05) is 30.3 Å². The first kappa shape index (κ1) is 19.4. The summed E-state index contributed by atoms with van der Waals surface area (Å²) in [4.78, 5) is 37.2. The number of likely N-dealkylation sites (tertiary alicyclic amines) is 1. The van der Waals surface area contributed by atoms with Gasteiger partial charge in [0, 0.05) is 31.0 Å². The highest BCUT2D eigenvalue weighted by atomic mass is 16.5. The molecule has 3 heterocycles. The number of nitrogens with two attached hydrogens (primary N) is 1. The molecular formula is C21H26N4O4. The fraction of sp³-hybridized carbons (Fsp3) is 0.476. The molecule has 8 nitrogen and oxygen atoms in total. The monoisotopic (exact) mass is 398 g/mol. The molecule has 2 bridgehead atoms. The van der Waals surface area contributed by atoms with Gasteiger partial charge >= 0.3 is 6.03 Å². The van der Waals surface area contributed by atoms with Crippen LogP contribution in [0.4, 0.5) is 4.79 Å². The van der Waals surface area contributed by atoms with Crippen LogP contribution < -0.4 is 16.4 Å². The van der Waals surface area contributed by atoms with Crippen molar-refractivity contribution in [1.82, 2.24) is 15.5 Å². The Balaban J connectivity index is 1.33. The van der Waals surface area contributed by atoms with Crippen LogP contribution in [0.1, 0.15) is 18.4 Å². The highest BCUT2D eigenvalue weighted by molar-refractivity contribution is 5.91. The predicted molar refractivity (Wildman–Crippen MR) is 106 cm³/mol. The number of ether oxygens (including phenoxy) is 1. The lowest BCUT2D eigenvalue weighted by molar-refractivity contribution is -0.130. The number of hydrogen-bond donors (Lipinski definition) is 3. The van der Waals surface area contributed by atoms with Gasteiger partial charge in [0.1, 0.15) is 0 Å². The van der Waals surface area contributed by atoms with E-state index in [9.17, 15) is 14.4 Å². The molecule has 1 aromatic rings. The van der Waals surface area contributed by atoms with Crippen molar-refractivity contribution >= 4 is 23.9 Å². The molecule has 0 unspecified atom stereocenters. The summed E-state index contributed by atoms with van der Waals surface area (Å²) in [6.07, 6.45) is 5.32. The van der Waals surface area contributed by atoms with E-state index in [1.54, 1.807) is 17.1 Å². The first-order valence-corrected chi connectivity index (χ1v) is 9.97. The zero-order valence-corrected chi connectivity index (χ0v) is 16.2. The Morgan fingerprint density at radius 3 is 2.79 bits per heavy atom. The van der Waals surface area contributed by atoms with Crippen LogP contribution in [0.15, 0.2) is 36.4 Å². The van der Waals surface area contributed by atoms with Crippen LogP contribution in [0, 0.1) is 11.8 Å². The molecule has 0 radical (unpaired) electrons. The van der Waals surface area contributed by atoms with Crippen LogP contribution in [-0.2, 0) is 14.3 Å². The lowest BCUT2D eigenvalue weighted by Gasteiger charge is -2.29. The van der Waals surface area contributed by atoms with E-state index in [1.165, 1.54) is 0 Å². The molecule has 4 atom stereocenters. The van der Waals surface area contributed by atoms with Gasteiger partial charge in [-0.15, -0.1) is 0 Å². The first-order chi connectivity index (χ1) is 14.0. The van der Waals surface area contributed by atoms with Crippen LogP contribution in [0.2, 0.25) is 0 Å². The molecule has 4 N–H and O–H groups in total. The zero-order chi connectivity index (χ0) is 20.4. The van der Waals surface area contributed by atoms with Gasteiger partial charge in [-0.05, 0) is 24.5 Å². The molecule has 3 saturated heterocycles. The molecule has 0 aliphatic carbocycles. The second-order valence-corrected chi connectivity index (χ2v) is 8.01. The molecule has 29 heavy (non-hydrogen) atoms. The highest BCUT2D eigenvalue weighted by Crippen LogP contribution is 2.54. The van der Waals surface area contributed by atoms with Crippen molar-refractivity contribution in [3.05, 3.63) is 42.0 Å². The fourth-order valence-electron chi connectivity index (χ4n) is 4.94. The first-order valence-electron chi connectivity index (χ1n) is 9.97. The summed E-state index contributed by atoms with van der Waals surface area (Å²) in [5.41, 5.74) is 5.71. The van der Waals surface area contributed by atoms with Crippen LogP contribution in [0.5, 0.6) is 0 Å². The van der Waals surface area contributed by atoms with E-state index in [0.717, 1.165) is 18.4 Å². The van der Waals surface area contributed by atoms with Gasteiger partial charge in [0.05, 0.1) is 24.8 Å². The number of amides is 4. The number of primary amides is 1. The summed E-state index contributed by atoms with van der Waals surface area (Å²) in [7, 11) is 0. The third kappa shape index (κ3) is 3.98. The second kappa shape index (κ2) is 7.87. The maximum atomic E-state index is 12.4. The Kier molecular flexibility index (Phi) is 5.27. The third-order valence-corrected chi connectivity index (χ3v) is 6.29. The minimum absolute atomic E-state index is 0.104. The summed E-state index contributed by atoms with van der Waals surface area (Å²) < 4.78 is 6.29. The van der Waals surface area contributed by atoms with Crippen molar-refractivity contribution in [2.75, 3.05) is 26.2 Å². The minimum atomic E-state index is -0.711. The molecule has 3 fully saturated rings. The maximum Gasteiger partial charge on any atom is 0.312 e. The molecule has 3 aliphatic rings. The van der Waals surface area contributed by atoms with Crippen LogP contribution in [0.3, 0.4) is 0 Å². The highest BCUT2D eigenvalue weighted by Gasteiger charge is 2.63. The fourth-order valence-corrected chi connectivity index (χ4v) is 4.94. The standard InChI is InChI=1S/C21H26N4O4/c22-20(28)24-11-19(27)25-12-16-15(17-8-9-21(16,13-25)29-17)10-23-18(26)7-6-14-4-2-1-3-5-14/h1-7,15-17H,8-13H2,(H,23,26)(H3,22,24,28)/t15-,16+,17+,21+/m0/s1. The Morgan fingerprint density at radius 2 is 2.03 bits per heavy atom. The smallest absolute Gasteiger partial charge is 0.312 e. The Labute approximate surface area is 169 Å². The van der Waals surface area contributed by atoms with Gasteiger partial charge in [0.15, 0.2) is 0 Å². The SMILES string of the molecule is NC(=O)NCC(=O)N1C[C@@H]2[C@H](CNC(=O)C=Cc3ccccc3)[C@H]3CC[C@]2(C1)O3. The van der Waals surface area contributed by atoms with Crippen molar-refractivity contribution < 1.29 is 19.1 Å². The van der Waals surface area contributed by atoms with E-state index < -0.39 is 6.03 Å². The molecule has 8 heteroatoms. The Morgan fingerprint density at radius 1 is 1.24 bits per heavy atom. The zero-order valence-electron chi connectivity index (χ0n) is 16.2. The number of rotatable bonds is 6. The van der Waals surface area contributed by atoms with Crippen molar-refractivity contribution in [3.63, 3.8) is 0 Å². The summed E-state index contributed by atoms with van der Waals surface area (Å²) in [5.74, 6) is 0.0763. The number of carbonyl (C=O) groups excluding carboxylic acids is 3. The van der Waals surface area contributed by atoms with E-state index >= 15 is 0 Å². The van der Waals surface area contributed by atoms with Crippen molar-refractivity contribution in [3.8, 4) is 0 Å². The van der Waals surface area contributed by atoms with Crippen molar-refractivity contribution in [1.29, 1.82) is 0 Å². The third-order valence-electron chi connectivity index (χ3n) is 6.29. The van der Waals surface area contributed by atoms with Gasteiger partial charge in [0.2, 0.25) is 11.8 Å². The summed E-state index contributed by atoms with van der Waals surface area (Å²) in [6, 6.07) is 8.95. The summed E-state index contributed by atoms with van der Waals surface area (Å²) >= 11 is 0. The lowest BCUT2D eigenvalue weighted by atomic mass is 9.73. The molecular weight excluding hydrogens is 372 g/mol. The van der Waals surface area contributed by atoms with E-state index in [1.807, 2.05) is 30.3 Å². The number of benzene rings is 1. The minimum Gasteiger partial charge on any atom is -0.369 e. The molecule has 3 aliphatic heterocycles. The van der Waals surface area contributed by atoms with Gasteiger partial charge in [0.25, 0.3) is 0 Å². The number of nitrogens with one attached hydrogen (secondary N) is 2. The molecule has 4 rings (SSSR count). The molecule has 1 spiro atoms. The van der Waals surface area contributed by atoms with Gasteiger partial charge in [-0.2, -0.15) is 0 Å². The van der Waals surface area contributed by atoms with Gasteiger partial charge in [-0.3, -0.25) is 9.59 Å². The number of hydrogen-bond acceptors (Lipinski definition) is 4. The Bertz CT molecular complexity index is 827. The van der Waals surface area contributed by atoms with E-state index in [2.05, 4.69) is 10.6 Å². The van der Waals surface area contributed by atoms with E-state index in [4.69, 9.17) is 10.5 Å². The topological polar surface area (TPSA) is 114 Å². The van der Waals surface area contributed by atoms with Gasteiger partial charge < -0.3 is 26.0 Å². The molecule has 4 amide bonds. The van der Waals surface area contributed by atoms with Gasteiger partial charge in [-0.25, -0.2) is 4.79 Å². The van der Waals surface area contributed by atoms with Crippen molar-refractivity contribution in [2.45, 2.75) is 24.5 Å². The van der Waals surface area contributed by atoms with Crippen LogP contribution >= 0.6 is 0 Å². The molecule has 0 aromatic heterocycles. The summed E-state index contributed by atoms with van der Waals surface area (Å²) in [6.45, 7) is 1.53. The lowest BCUT2D eigenvalue weighted by Crippen LogP contribution is -2.42. The molecule has 1 aromatic carbocycles. The number of urea groups is 1.